The van der Waals surface area contributed by atoms with Crippen molar-refractivity contribution >= 4 is 22.2 Å². The SMILES string of the molecule is Cc1cc(O)c(Br)cc1CCC=O. The van der Waals surface area contributed by atoms with Crippen LogP contribution in [0.3, 0.4) is 0 Å². The van der Waals surface area contributed by atoms with E-state index in [1.807, 2.05) is 13.0 Å². The molecule has 0 bridgehead atoms. The fourth-order valence-corrected chi connectivity index (χ4v) is 1.58. The van der Waals surface area contributed by atoms with Crippen LogP contribution >= 0.6 is 15.9 Å². The summed E-state index contributed by atoms with van der Waals surface area (Å²) in [4.78, 5) is 10.2. The van der Waals surface area contributed by atoms with Crippen molar-refractivity contribution in [3.63, 3.8) is 0 Å². The monoisotopic (exact) mass is 242 g/mol. The molecule has 0 saturated heterocycles. The van der Waals surface area contributed by atoms with E-state index < -0.39 is 0 Å². The minimum absolute atomic E-state index is 0.243. The zero-order valence-electron chi connectivity index (χ0n) is 7.38. The summed E-state index contributed by atoms with van der Waals surface area (Å²) in [5.74, 6) is 0.243. The Balaban J connectivity index is 2.94. The number of carbonyl (C=O) groups is 1. The van der Waals surface area contributed by atoms with Crippen molar-refractivity contribution in [3.8, 4) is 5.75 Å². The number of aldehydes is 1. The number of benzene rings is 1. The van der Waals surface area contributed by atoms with Crippen LogP contribution in [0.1, 0.15) is 17.5 Å². The van der Waals surface area contributed by atoms with Crippen LogP contribution in [0.2, 0.25) is 0 Å². The molecule has 0 unspecified atom stereocenters. The molecule has 70 valence electrons. The summed E-state index contributed by atoms with van der Waals surface area (Å²) < 4.78 is 0.680. The normalized spacial score (nSPS) is 10.0. The molecule has 0 spiro atoms. The average Bonchev–Trinajstić information content (AvgIpc) is 2.09. The lowest BCUT2D eigenvalue weighted by Gasteiger charge is -2.05. The zero-order valence-corrected chi connectivity index (χ0v) is 8.97. The van der Waals surface area contributed by atoms with Crippen molar-refractivity contribution in [1.82, 2.24) is 0 Å². The van der Waals surface area contributed by atoms with Gasteiger partial charge in [-0.05, 0) is 52.5 Å². The average molecular weight is 243 g/mol. The second-order valence-electron chi connectivity index (χ2n) is 2.94. The molecular weight excluding hydrogens is 232 g/mol. The van der Waals surface area contributed by atoms with Crippen LogP contribution in [-0.4, -0.2) is 11.4 Å². The molecular formula is C10H11BrO2. The third-order valence-electron chi connectivity index (χ3n) is 1.94. The van der Waals surface area contributed by atoms with Crippen LogP contribution in [-0.2, 0) is 11.2 Å². The number of carbonyl (C=O) groups excluding carboxylic acids is 1. The van der Waals surface area contributed by atoms with Gasteiger partial charge in [0.05, 0.1) is 4.47 Å². The standard InChI is InChI=1S/C10H11BrO2/c1-7-5-10(13)9(11)6-8(7)3-2-4-12/h4-6,13H,2-3H2,1H3. The first-order valence-corrected chi connectivity index (χ1v) is 4.86. The summed E-state index contributed by atoms with van der Waals surface area (Å²) in [7, 11) is 0. The summed E-state index contributed by atoms with van der Waals surface area (Å²) in [6.45, 7) is 1.92. The first-order chi connectivity index (χ1) is 6.15. The number of halogens is 1. The van der Waals surface area contributed by atoms with E-state index in [4.69, 9.17) is 0 Å². The van der Waals surface area contributed by atoms with Gasteiger partial charge in [0.1, 0.15) is 12.0 Å². The molecule has 0 atom stereocenters. The van der Waals surface area contributed by atoms with Gasteiger partial charge in [0.2, 0.25) is 0 Å². The number of phenolic OH excluding ortho intramolecular Hbond substituents is 1. The van der Waals surface area contributed by atoms with E-state index in [1.54, 1.807) is 6.07 Å². The Hall–Kier alpha value is -0.830. The molecule has 1 aromatic carbocycles. The molecule has 13 heavy (non-hydrogen) atoms. The van der Waals surface area contributed by atoms with Crippen molar-refractivity contribution in [2.45, 2.75) is 19.8 Å². The van der Waals surface area contributed by atoms with Gasteiger partial charge in [0.15, 0.2) is 0 Å². The van der Waals surface area contributed by atoms with E-state index in [-0.39, 0.29) is 5.75 Å². The van der Waals surface area contributed by atoms with Crippen molar-refractivity contribution < 1.29 is 9.90 Å². The Labute approximate surface area is 85.7 Å². The summed E-state index contributed by atoms with van der Waals surface area (Å²) in [5.41, 5.74) is 2.11. The molecule has 1 rings (SSSR count). The van der Waals surface area contributed by atoms with Gasteiger partial charge in [0, 0.05) is 6.42 Å². The van der Waals surface area contributed by atoms with Gasteiger partial charge in [-0.1, -0.05) is 0 Å². The second-order valence-corrected chi connectivity index (χ2v) is 3.79. The maximum absolute atomic E-state index is 10.2. The highest BCUT2D eigenvalue weighted by molar-refractivity contribution is 9.10. The first-order valence-electron chi connectivity index (χ1n) is 4.06. The van der Waals surface area contributed by atoms with Gasteiger partial charge >= 0.3 is 0 Å². The predicted molar refractivity (Wildman–Crippen MR) is 54.9 cm³/mol. The van der Waals surface area contributed by atoms with Crippen molar-refractivity contribution in [2.75, 3.05) is 0 Å². The van der Waals surface area contributed by atoms with Gasteiger partial charge < -0.3 is 9.90 Å². The van der Waals surface area contributed by atoms with E-state index in [0.29, 0.717) is 10.9 Å². The minimum Gasteiger partial charge on any atom is -0.507 e. The highest BCUT2D eigenvalue weighted by Crippen LogP contribution is 2.27. The number of hydrogen-bond donors (Lipinski definition) is 1. The lowest BCUT2D eigenvalue weighted by molar-refractivity contribution is -0.107. The van der Waals surface area contributed by atoms with Crippen LogP contribution in [0, 0.1) is 6.92 Å². The molecule has 2 nitrogen and oxygen atoms in total. The van der Waals surface area contributed by atoms with Crippen molar-refractivity contribution in [2.24, 2.45) is 0 Å². The molecule has 0 heterocycles. The molecule has 0 fully saturated rings. The molecule has 1 aromatic rings. The minimum atomic E-state index is 0.243. The maximum atomic E-state index is 10.2. The molecule has 0 radical (unpaired) electrons. The molecule has 0 amide bonds. The van der Waals surface area contributed by atoms with Gasteiger partial charge in [-0.25, -0.2) is 0 Å². The fourth-order valence-electron chi connectivity index (χ4n) is 1.19. The topological polar surface area (TPSA) is 37.3 Å². The summed E-state index contributed by atoms with van der Waals surface area (Å²) in [6.07, 6.45) is 2.16. The Morgan fingerprint density at radius 1 is 1.54 bits per heavy atom. The zero-order chi connectivity index (χ0) is 9.84. The third kappa shape index (κ3) is 2.56. The quantitative estimate of drug-likeness (QED) is 0.828. The lowest BCUT2D eigenvalue weighted by Crippen LogP contribution is -1.90. The Morgan fingerprint density at radius 2 is 2.23 bits per heavy atom. The van der Waals surface area contributed by atoms with Crippen LogP contribution in [0.5, 0.6) is 5.75 Å². The van der Waals surface area contributed by atoms with Crippen molar-refractivity contribution in [3.05, 3.63) is 27.7 Å². The number of hydrogen-bond acceptors (Lipinski definition) is 2. The van der Waals surface area contributed by atoms with Crippen molar-refractivity contribution in [1.29, 1.82) is 0 Å². The smallest absolute Gasteiger partial charge is 0.130 e. The van der Waals surface area contributed by atoms with E-state index in [9.17, 15) is 9.90 Å². The largest absolute Gasteiger partial charge is 0.507 e. The number of aromatic hydroxyl groups is 1. The predicted octanol–water partition coefficient (Wildman–Crippen LogP) is 2.59. The highest BCUT2D eigenvalue weighted by Gasteiger charge is 2.03. The van der Waals surface area contributed by atoms with Gasteiger partial charge in [0.25, 0.3) is 0 Å². The molecule has 0 aromatic heterocycles. The van der Waals surface area contributed by atoms with Crippen LogP contribution < -0.4 is 0 Å². The van der Waals surface area contributed by atoms with E-state index in [1.165, 1.54) is 0 Å². The fraction of sp³-hybridized carbons (Fsp3) is 0.300. The van der Waals surface area contributed by atoms with Gasteiger partial charge in [-0.3, -0.25) is 0 Å². The van der Waals surface area contributed by atoms with Gasteiger partial charge in [-0.15, -0.1) is 0 Å². The van der Waals surface area contributed by atoms with E-state index in [2.05, 4.69) is 15.9 Å². The molecule has 3 heteroatoms. The summed E-state index contributed by atoms with van der Waals surface area (Å²) >= 11 is 3.23. The number of rotatable bonds is 3. The third-order valence-corrected chi connectivity index (χ3v) is 2.57. The molecule has 0 aliphatic rings. The Morgan fingerprint density at radius 3 is 2.85 bits per heavy atom. The number of phenols is 1. The maximum Gasteiger partial charge on any atom is 0.130 e. The Kier molecular flexibility index (Phi) is 3.48. The highest BCUT2D eigenvalue weighted by atomic mass is 79.9. The van der Waals surface area contributed by atoms with Crippen LogP contribution in [0.15, 0.2) is 16.6 Å². The summed E-state index contributed by atoms with van der Waals surface area (Å²) in [5, 5.41) is 9.33. The second kappa shape index (κ2) is 4.42. The van der Waals surface area contributed by atoms with Crippen LogP contribution in [0.25, 0.3) is 0 Å². The van der Waals surface area contributed by atoms with Gasteiger partial charge in [-0.2, -0.15) is 0 Å². The molecule has 0 aliphatic carbocycles. The van der Waals surface area contributed by atoms with E-state index >= 15 is 0 Å². The first kappa shape index (κ1) is 10.3. The Bertz CT molecular complexity index is 321. The molecule has 0 aliphatic heterocycles. The lowest BCUT2D eigenvalue weighted by atomic mass is 10.0. The molecule has 0 saturated carbocycles. The summed E-state index contributed by atoms with van der Waals surface area (Å²) in [6, 6.07) is 3.55. The number of aryl methyl sites for hydroxylation is 2. The molecule has 1 N–H and O–H groups in total. The van der Waals surface area contributed by atoms with E-state index in [0.717, 1.165) is 23.8 Å². The van der Waals surface area contributed by atoms with Crippen LogP contribution in [0.4, 0.5) is 0 Å².